The Labute approximate surface area is 126 Å². The van der Waals surface area contributed by atoms with Crippen LogP contribution in [-0.2, 0) is 4.79 Å². The van der Waals surface area contributed by atoms with Crippen molar-refractivity contribution >= 4 is 21.8 Å². The number of piperidine rings is 1. The molecule has 3 rings (SSSR count). The van der Waals surface area contributed by atoms with E-state index in [4.69, 9.17) is 4.74 Å². The van der Waals surface area contributed by atoms with Crippen molar-refractivity contribution in [3.63, 3.8) is 0 Å². The molecule has 5 nitrogen and oxygen atoms in total. The maximum absolute atomic E-state index is 12.1. The number of aromatic hydroxyl groups is 1. The van der Waals surface area contributed by atoms with Crippen molar-refractivity contribution in [1.29, 1.82) is 0 Å². The number of phenolic OH excluding ortho intramolecular Hbond substituents is 1. The first-order chi connectivity index (χ1) is 9.61. The average molecular weight is 341 g/mol. The van der Waals surface area contributed by atoms with E-state index in [-0.39, 0.29) is 23.9 Å². The third-order valence-electron chi connectivity index (χ3n) is 4.04. The zero-order valence-electron chi connectivity index (χ0n) is 11.2. The van der Waals surface area contributed by atoms with Gasteiger partial charge in [0.05, 0.1) is 13.2 Å². The monoisotopic (exact) mass is 340 g/mol. The van der Waals surface area contributed by atoms with Crippen LogP contribution in [0.3, 0.4) is 0 Å². The number of nitrogens with zero attached hydrogens (tertiary/aromatic N) is 1. The number of benzene rings is 1. The van der Waals surface area contributed by atoms with Gasteiger partial charge in [-0.3, -0.25) is 9.69 Å². The third kappa shape index (κ3) is 2.16. The van der Waals surface area contributed by atoms with Gasteiger partial charge < -0.3 is 15.2 Å². The molecule has 0 bridgehead atoms. The Morgan fingerprint density at radius 2 is 2.25 bits per heavy atom. The van der Waals surface area contributed by atoms with Gasteiger partial charge in [-0.05, 0) is 25.0 Å². The molecule has 0 unspecified atom stereocenters. The molecule has 2 fully saturated rings. The fraction of sp³-hybridized carbons (Fsp3) is 0.500. The van der Waals surface area contributed by atoms with Gasteiger partial charge in [-0.25, -0.2) is 0 Å². The second-order valence-corrected chi connectivity index (χ2v) is 6.12. The summed E-state index contributed by atoms with van der Waals surface area (Å²) in [5.41, 5.74) is 0.675. The maximum atomic E-state index is 12.1. The molecule has 20 heavy (non-hydrogen) atoms. The van der Waals surface area contributed by atoms with Crippen molar-refractivity contribution in [3.8, 4) is 11.5 Å². The van der Waals surface area contributed by atoms with Crippen molar-refractivity contribution in [2.45, 2.75) is 31.5 Å². The number of phenols is 1. The van der Waals surface area contributed by atoms with Gasteiger partial charge in [0.15, 0.2) is 11.5 Å². The van der Waals surface area contributed by atoms with Gasteiger partial charge in [0.2, 0.25) is 5.91 Å². The van der Waals surface area contributed by atoms with Gasteiger partial charge in [-0.15, -0.1) is 0 Å². The molecule has 108 valence electrons. The van der Waals surface area contributed by atoms with Crippen molar-refractivity contribution in [1.82, 2.24) is 10.2 Å². The van der Waals surface area contributed by atoms with Crippen LogP contribution in [0.25, 0.3) is 0 Å². The quantitative estimate of drug-likeness (QED) is 0.865. The summed E-state index contributed by atoms with van der Waals surface area (Å²) >= 11 is 3.42. The molecule has 0 aromatic heterocycles. The molecule has 2 heterocycles. The number of ether oxygens (including phenoxy) is 1. The standard InChI is InChI=1S/C14H17BrN2O3/c1-20-11-7-8(15)6-9(12(11)18)13-16-14(19)10-4-2-3-5-17(10)13/h6-7,10,13,18H,2-5H2,1H3,(H,16,19)/t10-,13-/m1/s1. The number of methoxy groups -OCH3 is 1. The van der Waals surface area contributed by atoms with E-state index in [1.165, 1.54) is 7.11 Å². The summed E-state index contributed by atoms with van der Waals surface area (Å²) in [4.78, 5) is 14.2. The van der Waals surface area contributed by atoms with Crippen LogP contribution in [-0.4, -0.2) is 35.6 Å². The minimum absolute atomic E-state index is 0.0491. The van der Waals surface area contributed by atoms with Crippen molar-refractivity contribution in [2.75, 3.05) is 13.7 Å². The van der Waals surface area contributed by atoms with E-state index in [0.717, 1.165) is 30.3 Å². The molecule has 2 aliphatic heterocycles. The first-order valence-corrected chi connectivity index (χ1v) is 7.53. The van der Waals surface area contributed by atoms with E-state index >= 15 is 0 Å². The molecule has 1 aromatic carbocycles. The summed E-state index contributed by atoms with van der Waals surface area (Å²) in [5.74, 6) is 0.546. The van der Waals surface area contributed by atoms with Crippen LogP contribution in [0.4, 0.5) is 0 Å². The first kappa shape index (κ1) is 13.7. The zero-order valence-corrected chi connectivity index (χ0v) is 12.8. The minimum Gasteiger partial charge on any atom is -0.504 e. The topological polar surface area (TPSA) is 61.8 Å². The molecule has 2 saturated heterocycles. The lowest BCUT2D eigenvalue weighted by Crippen LogP contribution is -2.38. The minimum atomic E-state index is -0.279. The SMILES string of the molecule is COc1cc(Br)cc([C@@H]2NC(=O)[C@H]3CCCCN32)c1O. The highest BCUT2D eigenvalue weighted by molar-refractivity contribution is 9.10. The Balaban J connectivity index is 2.00. The van der Waals surface area contributed by atoms with Gasteiger partial charge in [0.25, 0.3) is 0 Å². The van der Waals surface area contributed by atoms with Crippen LogP contribution in [0.1, 0.15) is 31.0 Å². The van der Waals surface area contributed by atoms with E-state index in [2.05, 4.69) is 26.1 Å². The van der Waals surface area contributed by atoms with E-state index in [1.54, 1.807) is 6.07 Å². The predicted molar refractivity (Wildman–Crippen MR) is 77.6 cm³/mol. The molecule has 2 aliphatic rings. The lowest BCUT2D eigenvalue weighted by molar-refractivity contribution is -0.122. The number of fused-ring (bicyclic) bond motifs is 1. The fourth-order valence-corrected chi connectivity index (χ4v) is 3.53. The Morgan fingerprint density at radius 3 is 3.00 bits per heavy atom. The second kappa shape index (κ2) is 5.26. The highest BCUT2D eigenvalue weighted by atomic mass is 79.9. The van der Waals surface area contributed by atoms with E-state index in [0.29, 0.717) is 11.3 Å². The summed E-state index contributed by atoms with van der Waals surface area (Å²) in [7, 11) is 1.52. The van der Waals surface area contributed by atoms with E-state index in [1.807, 2.05) is 6.07 Å². The Morgan fingerprint density at radius 1 is 1.45 bits per heavy atom. The third-order valence-corrected chi connectivity index (χ3v) is 4.50. The zero-order chi connectivity index (χ0) is 14.3. The Hall–Kier alpha value is -1.27. The molecule has 1 aromatic rings. The average Bonchev–Trinajstić information content (AvgIpc) is 2.79. The van der Waals surface area contributed by atoms with Gasteiger partial charge in [-0.2, -0.15) is 0 Å². The van der Waals surface area contributed by atoms with Gasteiger partial charge in [0, 0.05) is 16.6 Å². The number of carbonyl (C=O) groups is 1. The summed E-state index contributed by atoms with van der Waals surface area (Å²) in [5, 5.41) is 13.3. The molecular weight excluding hydrogens is 324 g/mol. The maximum Gasteiger partial charge on any atom is 0.238 e. The number of nitrogens with one attached hydrogen (secondary N) is 1. The normalized spacial score (nSPS) is 26.2. The summed E-state index contributed by atoms with van der Waals surface area (Å²) in [6, 6.07) is 3.47. The van der Waals surface area contributed by atoms with Crippen LogP contribution < -0.4 is 10.1 Å². The lowest BCUT2D eigenvalue weighted by atomic mass is 10.0. The van der Waals surface area contributed by atoms with Crippen LogP contribution in [0, 0.1) is 0 Å². The van der Waals surface area contributed by atoms with Crippen LogP contribution in [0.5, 0.6) is 11.5 Å². The molecule has 0 aliphatic carbocycles. The molecule has 0 saturated carbocycles. The summed E-state index contributed by atoms with van der Waals surface area (Å²) in [6.45, 7) is 0.863. The molecule has 6 heteroatoms. The number of hydrogen-bond acceptors (Lipinski definition) is 4. The molecule has 0 spiro atoms. The smallest absolute Gasteiger partial charge is 0.238 e. The molecular formula is C14H17BrN2O3. The van der Waals surface area contributed by atoms with Gasteiger partial charge in [-0.1, -0.05) is 22.4 Å². The lowest BCUT2D eigenvalue weighted by Gasteiger charge is -2.31. The first-order valence-electron chi connectivity index (χ1n) is 6.74. The summed E-state index contributed by atoms with van der Waals surface area (Å²) < 4.78 is 5.99. The van der Waals surface area contributed by atoms with Crippen molar-refractivity contribution < 1.29 is 14.6 Å². The van der Waals surface area contributed by atoms with Crippen molar-refractivity contribution in [2.24, 2.45) is 0 Å². The predicted octanol–water partition coefficient (Wildman–Crippen LogP) is 2.15. The molecule has 2 N–H and O–H groups in total. The second-order valence-electron chi connectivity index (χ2n) is 5.21. The highest BCUT2D eigenvalue weighted by Gasteiger charge is 2.42. The molecule has 0 radical (unpaired) electrons. The number of halogens is 1. The molecule has 2 atom stereocenters. The molecule has 1 amide bonds. The number of carbonyl (C=O) groups excluding carboxylic acids is 1. The van der Waals surface area contributed by atoms with E-state index < -0.39 is 0 Å². The number of hydrogen-bond donors (Lipinski definition) is 2. The largest absolute Gasteiger partial charge is 0.504 e. The highest BCUT2D eigenvalue weighted by Crippen LogP contribution is 2.41. The fourth-order valence-electron chi connectivity index (χ4n) is 3.07. The Kier molecular flexibility index (Phi) is 3.60. The number of rotatable bonds is 2. The van der Waals surface area contributed by atoms with Crippen molar-refractivity contribution in [3.05, 3.63) is 22.2 Å². The van der Waals surface area contributed by atoms with E-state index in [9.17, 15) is 9.90 Å². The number of amides is 1. The summed E-state index contributed by atoms with van der Waals surface area (Å²) in [6.07, 6.45) is 2.76. The van der Waals surface area contributed by atoms with Gasteiger partial charge >= 0.3 is 0 Å². The van der Waals surface area contributed by atoms with Crippen LogP contribution in [0.15, 0.2) is 16.6 Å². The van der Waals surface area contributed by atoms with Crippen LogP contribution in [0.2, 0.25) is 0 Å². The Bertz CT molecular complexity index is 549. The van der Waals surface area contributed by atoms with Gasteiger partial charge in [0.1, 0.15) is 6.17 Å². The van der Waals surface area contributed by atoms with Crippen LogP contribution >= 0.6 is 15.9 Å².